The predicted molar refractivity (Wildman–Crippen MR) is 131 cm³/mol. The van der Waals surface area contributed by atoms with Crippen molar-refractivity contribution in [3.8, 4) is 0 Å². The van der Waals surface area contributed by atoms with Gasteiger partial charge in [-0.2, -0.15) is 0 Å². The third kappa shape index (κ3) is 5.52. The van der Waals surface area contributed by atoms with E-state index in [9.17, 15) is 13.2 Å². The van der Waals surface area contributed by atoms with Crippen LogP contribution in [0.3, 0.4) is 0 Å². The number of thiophene rings is 1. The fourth-order valence-corrected chi connectivity index (χ4v) is 6.04. The molecular formula is C23H27N5O3S2. The second-order valence-electron chi connectivity index (χ2n) is 8.04. The van der Waals surface area contributed by atoms with Crippen molar-refractivity contribution in [2.75, 3.05) is 42.8 Å². The summed E-state index contributed by atoms with van der Waals surface area (Å²) in [6.07, 6.45) is 1.75. The van der Waals surface area contributed by atoms with Gasteiger partial charge < -0.3 is 15.1 Å². The van der Waals surface area contributed by atoms with Gasteiger partial charge in [0.2, 0.25) is 0 Å². The summed E-state index contributed by atoms with van der Waals surface area (Å²) < 4.78 is 28.4. The number of pyridine rings is 1. The van der Waals surface area contributed by atoms with Crippen LogP contribution in [-0.4, -0.2) is 57.4 Å². The van der Waals surface area contributed by atoms with Gasteiger partial charge >= 0.3 is 0 Å². The number of benzene rings is 1. The van der Waals surface area contributed by atoms with Crippen molar-refractivity contribution in [2.45, 2.75) is 18.4 Å². The van der Waals surface area contributed by atoms with E-state index in [4.69, 9.17) is 0 Å². The fourth-order valence-electron chi connectivity index (χ4n) is 3.63. The van der Waals surface area contributed by atoms with Gasteiger partial charge in [-0.1, -0.05) is 23.8 Å². The summed E-state index contributed by atoms with van der Waals surface area (Å²) in [5.74, 6) is 0.424. The molecule has 174 valence electrons. The van der Waals surface area contributed by atoms with Crippen LogP contribution in [0.15, 0.2) is 58.9 Å². The first-order chi connectivity index (χ1) is 15.8. The number of rotatable bonds is 7. The van der Waals surface area contributed by atoms with Crippen molar-refractivity contribution in [2.24, 2.45) is 0 Å². The number of amides is 1. The Morgan fingerprint density at radius 2 is 1.82 bits per heavy atom. The van der Waals surface area contributed by atoms with Gasteiger partial charge in [-0.3, -0.25) is 9.52 Å². The molecular weight excluding hydrogens is 458 g/mol. The summed E-state index contributed by atoms with van der Waals surface area (Å²) in [6, 6.07) is 12.3. The monoisotopic (exact) mass is 485 g/mol. The second kappa shape index (κ2) is 9.90. The summed E-state index contributed by atoms with van der Waals surface area (Å²) in [7, 11) is -1.80. The topological polar surface area (TPSA) is 94.6 Å². The molecule has 10 heteroatoms. The first kappa shape index (κ1) is 23.2. The highest BCUT2D eigenvalue weighted by atomic mass is 32.2. The number of sulfonamides is 1. The third-order valence-electron chi connectivity index (χ3n) is 5.54. The number of piperazine rings is 1. The normalized spacial score (nSPS) is 14.8. The maximum Gasteiger partial charge on any atom is 0.263 e. The molecule has 3 aromatic rings. The minimum absolute atomic E-state index is 0.0314. The lowest BCUT2D eigenvalue weighted by atomic mass is 10.2. The summed E-state index contributed by atoms with van der Waals surface area (Å²) in [5.41, 5.74) is 2.37. The van der Waals surface area contributed by atoms with Gasteiger partial charge in [0.1, 0.15) is 15.6 Å². The molecule has 0 unspecified atom stereocenters. The summed E-state index contributed by atoms with van der Waals surface area (Å²) in [6.45, 7) is 5.83. The van der Waals surface area contributed by atoms with E-state index in [1.54, 1.807) is 23.7 Å². The molecule has 0 bridgehead atoms. The average Bonchev–Trinajstić information content (AvgIpc) is 3.31. The number of nitrogens with one attached hydrogen (secondary N) is 2. The number of likely N-dealkylation sites (N-methyl/N-ethyl adjacent to an activating group) is 1. The average molecular weight is 486 g/mol. The molecule has 1 aromatic carbocycles. The van der Waals surface area contributed by atoms with Crippen LogP contribution in [0, 0.1) is 6.92 Å². The first-order valence-corrected chi connectivity index (χ1v) is 13.0. The van der Waals surface area contributed by atoms with Gasteiger partial charge in [0.05, 0.1) is 0 Å². The molecule has 3 heterocycles. The SMILES string of the molecule is Cc1ccc(NS(=O)(=O)c2ccsc2C(=O)NCc2cccnc2N2CCN(C)CC2)cc1. The van der Waals surface area contributed by atoms with Crippen molar-refractivity contribution < 1.29 is 13.2 Å². The number of carbonyl (C=O) groups is 1. The Kier molecular flexibility index (Phi) is 6.96. The van der Waals surface area contributed by atoms with Gasteiger partial charge in [-0.15, -0.1) is 11.3 Å². The van der Waals surface area contributed by atoms with E-state index in [0.29, 0.717) is 5.69 Å². The summed E-state index contributed by atoms with van der Waals surface area (Å²) in [5, 5.41) is 4.49. The number of carbonyl (C=O) groups excluding carboxylic acids is 1. The van der Waals surface area contributed by atoms with Crippen LogP contribution in [0.4, 0.5) is 11.5 Å². The number of hydrogen-bond acceptors (Lipinski definition) is 7. The van der Waals surface area contributed by atoms with Crippen molar-refractivity contribution in [3.05, 3.63) is 70.0 Å². The standard InChI is InChI=1S/C23H27N5O3S2/c1-17-5-7-19(8-6-17)26-33(30,31)20-9-15-32-21(20)23(29)25-16-18-4-3-10-24-22(18)28-13-11-27(2)12-14-28/h3-10,15,26H,11-14,16H2,1-2H3,(H,25,29). The minimum atomic E-state index is -3.90. The Morgan fingerprint density at radius 1 is 1.09 bits per heavy atom. The lowest BCUT2D eigenvalue weighted by Crippen LogP contribution is -2.45. The molecule has 0 radical (unpaired) electrons. The van der Waals surface area contributed by atoms with E-state index in [2.05, 4.69) is 31.9 Å². The molecule has 2 N–H and O–H groups in total. The Balaban J connectivity index is 1.47. The molecule has 0 atom stereocenters. The lowest BCUT2D eigenvalue weighted by molar-refractivity contribution is 0.0952. The van der Waals surface area contributed by atoms with Crippen LogP contribution >= 0.6 is 11.3 Å². The molecule has 4 rings (SSSR count). The van der Waals surface area contributed by atoms with Crippen LogP contribution in [0.5, 0.6) is 0 Å². The molecule has 33 heavy (non-hydrogen) atoms. The number of anilines is 2. The molecule has 1 fully saturated rings. The molecule has 0 spiro atoms. The number of aryl methyl sites for hydroxylation is 1. The van der Waals surface area contributed by atoms with E-state index in [0.717, 1.165) is 54.5 Å². The molecule has 0 aliphatic carbocycles. The van der Waals surface area contributed by atoms with E-state index in [-0.39, 0.29) is 16.3 Å². The first-order valence-electron chi connectivity index (χ1n) is 10.7. The van der Waals surface area contributed by atoms with Gasteiger partial charge in [-0.25, -0.2) is 13.4 Å². The molecule has 0 saturated carbocycles. The largest absolute Gasteiger partial charge is 0.354 e. The molecule has 1 aliphatic heterocycles. The number of hydrogen-bond donors (Lipinski definition) is 2. The maximum atomic E-state index is 12.9. The van der Waals surface area contributed by atoms with E-state index >= 15 is 0 Å². The van der Waals surface area contributed by atoms with Gasteiger partial charge in [0.15, 0.2) is 0 Å². The Morgan fingerprint density at radius 3 is 2.55 bits per heavy atom. The molecule has 1 saturated heterocycles. The van der Waals surface area contributed by atoms with E-state index in [1.165, 1.54) is 6.07 Å². The highest BCUT2D eigenvalue weighted by Gasteiger charge is 2.25. The van der Waals surface area contributed by atoms with Crippen molar-refractivity contribution in [1.29, 1.82) is 0 Å². The van der Waals surface area contributed by atoms with Crippen LogP contribution in [0.2, 0.25) is 0 Å². The zero-order valence-electron chi connectivity index (χ0n) is 18.6. The molecule has 1 aliphatic rings. The second-order valence-corrected chi connectivity index (χ2v) is 10.6. The fraction of sp³-hybridized carbons (Fsp3) is 0.304. The van der Waals surface area contributed by atoms with Crippen LogP contribution < -0.4 is 14.9 Å². The number of nitrogens with zero attached hydrogens (tertiary/aromatic N) is 3. The minimum Gasteiger partial charge on any atom is -0.354 e. The highest BCUT2D eigenvalue weighted by Crippen LogP contribution is 2.25. The lowest BCUT2D eigenvalue weighted by Gasteiger charge is -2.34. The zero-order valence-corrected chi connectivity index (χ0v) is 20.2. The maximum absolute atomic E-state index is 12.9. The number of aromatic nitrogens is 1. The van der Waals surface area contributed by atoms with E-state index < -0.39 is 15.9 Å². The quantitative estimate of drug-likeness (QED) is 0.534. The summed E-state index contributed by atoms with van der Waals surface area (Å²) >= 11 is 1.10. The van der Waals surface area contributed by atoms with Gasteiger partial charge in [0.25, 0.3) is 15.9 Å². The van der Waals surface area contributed by atoms with Crippen molar-refractivity contribution in [3.63, 3.8) is 0 Å². The Hall–Kier alpha value is -2.95. The highest BCUT2D eigenvalue weighted by molar-refractivity contribution is 7.93. The molecule has 2 aromatic heterocycles. The van der Waals surface area contributed by atoms with Crippen LogP contribution in [0.25, 0.3) is 0 Å². The van der Waals surface area contributed by atoms with E-state index in [1.807, 2.05) is 31.2 Å². The van der Waals surface area contributed by atoms with Gasteiger partial charge in [-0.05, 0) is 43.6 Å². The van der Waals surface area contributed by atoms with Crippen molar-refractivity contribution in [1.82, 2.24) is 15.2 Å². The van der Waals surface area contributed by atoms with Crippen LogP contribution in [-0.2, 0) is 16.6 Å². The van der Waals surface area contributed by atoms with Gasteiger partial charge in [0, 0.05) is 50.2 Å². The Bertz CT molecular complexity index is 1220. The zero-order chi connectivity index (χ0) is 23.4. The van der Waals surface area contributed by atoms with Crippen molar-refractivity contribution >= 4 is 38.8 Å². The summed E-state index contributed by atoms with van der Waals surface area (Å²) in [4.78, 5) is 22.1. The smallest absolute Gasteiger partial charge is 0.263 e. The predicted octanol–water partition coefficient (Wildman–Crippen LogP) is 2.93. The molecule has 8 nitrogen and oxygen atoms in total. The Labute approximate surface area is 198 Å². The molecule has 1 amide bonds. The third-order valence-corrected chi connectivity index (χ3v) is 8.00. The van der Waals surface area contributed by atoms with Crippen LogP contribution in [0.1, 0.15) is 20.8 Å².